The smallest absolute Gasteiger partial charge is 0.301 e. The second-order valence-electron chi connectivity index (χ2n) is 5.05. The van der Waals surface area contributed by atoms with E-state index >= 15 is 0 Å². The lowest BCUT2D eigenvalue weighted by Gasteiger charge is -1.98. The van der Waals surface area contributed by atoms with E-state index < -0.39 is 5.91 Å². The number of amides is 1. The van der Waals surface area contributed by atoms with E-state index in [4.69, 9.17) is 4.42 Å². The third kappa shape index (κ3) is 3.34. The first-order valence-electron chi connectivity index (χ1n) is 6.41. The largest absolute Gasteiger partial charge is 0.432 e. The van der Waals surface area contributed by atoms with Crippen molar-refractivity contribution in [3.63, 3.8) is 0 Å². The normalized spacial score (nSPS) is 10.8. The van der Waals surface area contributed by atoms with Gasteiger partial charge in [0, 0.05) is 11.8 Å². The Kier molecular flexibility index (Phi) is 4.02. The first-order chi connectivity index (χ1) is 9.45. The van der Waals surface area contributed by atoms with Crippen molar-refractivity contribution >= 4 is 17.7 Å². The van der Waals surface area contributed by atoms with Gasteiger partial charge < -0.3 is 9.40 Å². The lowest BCUT2D eigenvalue weighted by Crippen LogP contribution is -2.12. The van der Waals surface area contributed by atoms with Gasteiger partial charge in [-0.25, -0.2) is 0 Å². The molecule has 20 heavy (non-hydrogen) atoms. The molecule has 0 bridgehead atoms. The van der Waals surface area contributed by atoms with Crippen LogP contribution < -0.4 is 5.32 Å². The molecule has 0 radical (unpaired) electrons. The minimum Gasteiger partial charge on any atom is -0.432 e. The quantitative estimate of drug-likeness (QED) is 0.821. The Morgan fingerprint density at radius 1 is 1.45 bits per heavy atom. The van der Waals surface area contributed by atoms with Gasteiger partial charge in [0.25, 0.3) is 5.91 Å². The highest BCUT2D eigenvalue weighted by molar-refractivity contribution is 6.04. The van der Waals surface area contributed by atoms with Crippen LogP contribution in [0.15, 0.2) is 22.9 Å². The van der Waals surface area contributed by atoms with Crippen molar-refractivity contribution in [2.75, 3.05) is 5.32 Å². The van der Waals surface area contributed by atoms with Crippen LogP contribution in [-0.2, 0) is 6.42 Å². The van der Waals surface area contributed by atoms with Crippen molar-refractivity contribution in [1.82, 2.24) is 9.97 Å². The van der Waals surface area contributed by atoms with E-state index in [2.05, 4.69) is 29.1 Å². The van der Waals surface area contributed by atoms with Crippen LogP contribution in [0.2, 0.25) is 0 Å². The monoisotopic (exact) mass is 275 g/mol. The summed E-state index contributed by atoms with van der Waals surface area (Å²) < 4.78 is 5.19. The van der Waals surface area contributed by atoms with Crippen molar-refractivity contribution in [3.05, 3.63) is 35.5 Å². The van der Waals surface area contributed by atoms with E-state index in [1.54, 1.807) is 0 Å². The molecule has 2 aromatic rings. The molecular weight excluding hydrogens is 258 g/mol. The van der Waals surface area contributed by atoms with Crippen molar-refractivity contribution < 1.29 is 14.0 Å². The van der Waals surface area contributed by atoms with Crippen molar-refractivity contribution in [3.8, 4) is 0 Å². The zero-order chi connectivity index (χ0) is 14.7. The standard InChI is InChI=1S/C14H17N3O3/c1-8(2)4-11-7-20-14(16-11)17-13(19)12-5-10(6-15-12)9(3)18/h5-8,15H,4H2,1-3H3,(H,16,17,19). The van der Waals surface area contributed by atoms with E-state index in [1.807, 2.05) is 0 Å². The Labute approximate surface area is 116 Å². The third-order valence-corrected chi connectivity index (χ3v) is 2.72. The highest BCUT2D eigenvalue weighted by atomic mass is 16.4. The number of nitrogens with one attached hydrogen (secondary N) is 2. The second-order valence-corrected chi connectivity index (χ2v) is 5.05. The Hall–Kier alpha value is -2.37. The van der Waals surface area contributed by atoms with Gasteiger partial charge in [0.2, 0.25) is 0 Å². The Morgan fingerprint density at radius 2 is 2.20 bits per heavy atom. The van der Waals surface area contributed by atoms with Gasteiger partial charge in [-0.15, -0.1) is 0 Å². The number of anilines is 1. The fourth-order valence-corrected chi connectivity index (χ4v) is 1.77. The summed E-state index contributed by atoms with van der Waals surface area (Å²) in [4.78, 5) is 30.0. The molecule has 0 unspecified atom stereocenters. The molecule has 0 aliphatic rings. The minimum absolute atomic E-state index is 0.101. The Bertz CT molecular complexity index is 625. The van der Waals surface area contributed by atoms with Crippen LogP contribution in [0.25, 0.3) is 0 Å². The maximum atomic E-state index is 11.9. The molecule has 2 rings (SSSR count). The molecule has 1 amide bonds. The molecule has 0 aromatic carbocycles. The number of hydrogen-bond acceptors (Lipinski definition) is 4. The number of aromatic amines is 1. The highest BCUT2D eigenvalue weighted by Crippen LogP contribution is 2.13. The Morgan fingerprint density at radius 3 is 2.80 bits per heavy atom. The van der Waals surface area contributed by atoms with Crippen LogP contribution >= 0.6 is 0 Å². The summed E-state index contributed by atoms with van der Waals surface area (Å²) in [7, 11) is 0. The second kappa shape index (κ2) is 5.73. The SMILES string of the molecule is CC(=O)c1c[nH]c(C(=O)Nc2nc(CC(C)C)co2)c1. The van der Waals surface area contributed by atoms with Gasteiger partial charge in [-0.2, -0.15) is 4.98 Å². The number of H-pyrrole nitrogens is 1. The molecule has 2 aromatic heterocycles. The van der Waals surface area contributed by atoms with Gasteiger partial charge in [0.1, 0.15) is 12.0 Å². The van der Waals surface area contributed by atoms with Crippen LogP contribution in [-0.4, -0.2) is 21.7 Å². The summed E-state index contributed by atoms with van der Waals surface area (Å²) in [6.45, 7) is 5.60. The van der Waals surface area contributed by atoms with Gasteiger partial charge in [-0.1, -0.05) is 13.8 Å². The van der Waals surface area contributed by atoms with E-state index in [0.717, 1.165) is 12.1 Å². The maximum Gasteiger partial charge on any atom is 0.301 e. The van der Waals surface area contributed by atoms with Crippen LogP contribution in [0, 0.1) is 5.92 Å². The molecule has 6 nitrogen and oxygen atoms in total. The number of rotatable bonds is 5. The van der Waals surface area contributed by atoms with Crippen LogP contribution in [0.1, 0.15) is 47.3 Å². The van der Waals surface area contributed by atoms with E-state index in [9.17, 15) is 9.59 Å². The molecular formula is C14H17N3O3. The van der Waals surface area contributed by atoms with Crippen molar-refractivity contribution in [1.29, 1.82) is 0 Å². The minimum atomic E-state index is -0.393. The van der Waals surface area contributed by atoms with Crippen LogP contribution in [0.5, 0.6) is 0 Å². The number of nitrogens with zero attached hydrogens (tertiary/aromatic N) is 1. The van der Waals surface area contributed by atoms with E-state index in [0.29, 0.717) is 17.2 Å². The van der Waals surface area contributed by atoms with Gasteiger partial charge in [-0.05, 0) is 25.3 Å². The predicted octanol–water partition coefficient (Wildman–Crippen LogP) is 2.66. The average molecular weight is 275 g/mol. The van der Waals surface area contributed by atoms with Gasteiger partial charge in [-0.3, -0.25) is 14.9 Å². The topological polar surface area (TPSA) is 88.0 Å². The number of hydrogen-bond donors (Lipinski definition) is 2. The van der Waals surface area contributed by atoms with Crippen molar-refractivity contribution in [2.45, 2.75) is 27.2 Å². The van der Waals surface area contributed by atoms with Gasteiger partial charge in [0.15, 0.2) is 5.78 Å². The average Bonchev–Trinajstić information content (AvgIpc) is 2.97. The summed E-state index contributed by atoms with van der Waals surface area (Å²) in [5, 5.41) is 2.54. The molecule has 0 saturated carbocycles. The fraction of sp³-hybridized carbons (Fsp3) is 0.357. The Balaban J connectivity index is 2.03. The van der Waals surface area contributed by atoms with Crippen LogP contribution in [0.4, 0.5) is 6.01 Å². The number of aromatic nitrogens is 2. The molecule has 0 spiro atoms. The van der Waals surface area contributed by atoms with Crippen molar-refractivity contribution in [2.24, 2.45) is 5.92 Å². The third-order valence-electron chi connectivity index (χ3n) is 2.72. The number of carbonyl (C=O) groups excluding carboxylic acids is 2. The summed E-state index contributed by atoms with van der Waals surface area (Å²) in [6, 6.07) is 1.65. The summed E-state index contributed by atoms with van der Waals surface area (Å²) in [5.74, 6) is -0.0312. The van der Waals surface area contributed by atoms with Crippen LogP contribution in [0.3, 0.4) is 0 Å². The zero-order valence-electron chi connectivity index (χ0n) is 11.7. The first-order valence-corrected chi connectivity index (χ1v) is 6.41. The lowest BCUT2D eigenvalue weighted by molar-refractivity contribution is 0.101. The van der Waals surface area contributed by atoms with Gasteiger partial charge in [0.05, 0.1) is 5.69 Å². The van der Waals surface area contributed by atoms with Gasteiger partial charge >= 0.3 is 6.01 Å². The molecule has 0 aliphatic carbocycles. The number of carbonyl (C=O) groups is 2. The maximum absolute atomic E-state index is 11.9. The zero-order valence-corrected chi connectivity index (χ0v) is 11.7. The van der Waals surface area contributed by atoms with E-state index in [-0.39, 0.29) is 11.8 Å². The molecule has 6 heteroatoms. The molecule has 2 heterocycles. The molecule has 0 saturated heterocycles. The highest BCUT2D eigenvalue weighted by Gasteiger charge is 2.14. The summed E-state index contributed by atoms with van der Waals surface area (Å²) >= 11 is 0. The number of oxazole rings is 1. The predicted molar refractivity (Wildman–Crippen MR) is 73.8 cm³/mol. The number of ketones is 1. The molecule has 2 N–H and O–H groups in total. The molecule has 0 aliphatic heterocycles. The summed E-state index contributed by atoms with van der Waals surface area (Å²) in [5.41, 5.74) is 1.55. The molecule has 0 atom stereocenters. The summed E-state index contributed by atoms with van der Waals surface area (Å²) in [6.07, 6.45) is 3.82. The van der Waals surface area contributed by atoms with E-state index in [1.165, 1.54) is 25.5 Å². The number of Topliss-reactive ketones (excluding diaryl/α,β-unsaturated/α-hetero) is 1. The molecule has 106 valence electrons. The fourth-order valence-electron chi connectivity index (χ4n) is 1.77. The lowest BCUT2D eigenvalue weighted by atomic mass is 10.1. The first kappa shape index (κ1) is 14.0. The molecule has 0 fully saturated rings.